The number of nitrogens with zero attached hydrogens (tertiary/aromatic N) is 3. The van der Waals surface area contributed by atoms with Crippen LogP contribution >= 0.6 is 0 Å². The van der Waals surface area contributed by atoms with E-state index in [1.54, 1.807) is 60.9 Å². The highest BCUT2D eigenvalue weighted by atomic mass is 32.2. The van der Waals surface area contributed by atoms with Gasteiger partial charge in [-0.1, -0.05) is 48.0 Å². The van der Waals surface area contributed by atoms with Crippen LogP contribution in [-0.2, 0) is 10.0 Å². The summed E-state index contributed by atoms with van der Waals surface area (Å²) in [6, 6.07) is 31.1. The normalized spacial score (nSPS) is 11.3. The predicted molar refractivity (Wildman–Crippen MR) is 157 cm³/mol. The van der Waals surface area contributed by atoms with Crippen molar-refractivity contribution in [2.75, 3.05) is 10.0 Å². The van der Waals surface area contributed by atoms with Gasteiger partial charge in [-0.15, -0.1) is 0 Å². The summed E-state index contributed by atoms with van der Waals surface area (Å²) in [5, 5.41) is 3.29. The van der Waals surface area contributed by atoms with Crippen molar-refractivity contribution in [3.63, 3.8) is 0 Å². The molecule has 0 spiro atoms. The highest BCUT2D eigenvalue weighted by Gasteiger charge is 2.16. The van der Waals surface area contributed by atoms with Crippen LogP contribution in [0.1, 0.15) is 5.56 Å². The molecule has 0 aliphatic carbocycles. The number of rotatable bonds is 8. The SMILES string of the molecule is Cc1ccc(S(=O)(=O)Nc2ccc(Nc3nccn4c(-c5ccccc5Oc5ccccc5)cnc34)cc2)cc1. The van der Waals surface area contributed by atoms with Crippen molar-refractivity contribution >= 4 is 32.9 Å². The number of aromatic nitrogens is 3. The van der Waals surface area contributed by atoms with Crippen LogP contribution in [0.4, 0.5) is 17.2 Å². The first-order valence-electron chi connectivity index (χ1n) is 12.6. The van der Waals surface area contributed by atoms with Crippen molar-refractivity contribution in [2.24, 2.45) is 0 Å². The molecule has 0 aliphatic rings. The van der Waals surface area contributed by atoms with Gasteiger partial charge in [-0.05, 0) is 67.6 Å². The average Bonchev–Trinajstić information content (AvgIpc) is 3.40. The van der Waals surface area contributed by atoms with Crippen LogP contribution in [0.5, 0.6) is 11.5 Å². The Morgan fingerprint density at radius 1 is 0.775 bits per heavy atom. The molecule has 0 radical (unpaired) electrons. The molecular formula is C31H25N5O3S. The van der Waals surface area contributed by atoms with E-state index in [2.05, 4.69) is 20.0 Å². The van der Waals surface area contributed by atoms with E-state index < -0.39 is 10.0 Å². The molecule has 198 valence electrons. The average molecular weight is 548 g/mol. The molecular weight excluding hydrogens is 522 g/mol. The van der Waals surface area contributed by atoms with Crippen molar-refractivity contribution in [1.29, 1.82) is 0 Å². The topological polar surface area (TPSA) is 97.6 Å². The number of fused-ring (bicyclic) bond motifs is 1. The first kappa shape index (κ1) is 25.1. The second-order valence-electron chi connectivity index (χ2n) is 9.15. The van der Waals surface area contributed by atoms with Gasteiger partial charge in [0, 0.05) is 29.3 Å². The Morgan fingerprint density at radius 3 is 2.25 bits per heavy atom. The first-order chi connectivity index (χ1) is 19.5. The van der Waals surface area contributed by atoms with Crippen LogP contribution in [-0.4, -0.2) is 22.8 Å². The lowest BCUT2D eigenvalue weighted by Crippen LogP contribution is -2.12. The van der Waals surface area contributed by atoms with Crippen LogP contribution in [0, 0.1) is 6.92 Å². The number of anilines is 3. The van der Waals surface area contributed by atoms with Gasteiger partial charge in [0.25, 0.3) is 10.0 Å². The fourth-order valence-corrected chi connectivity index (χ4v) is 5.34. The van der Waals surface area contributed by atoms with Crippen molar-refractivity contribution in [1.82, 2.24) is 14.4 Å². The van der Waals surface area contributed by atoms with Gasteiger partial charge < -0.3 is 10.1 Å². The second-order valence-corrected chi connectivity index (χ2v) is 10.8. The quantitative estimate of drug-likeness (QED) is 0.212. The van der Waals surface area contributed by atoms with Crippen LogP contribution < -0.4 is 14.8 Å². The number of nitrogens with one attached hydrogen (secondary N) is 2. The molecule has 0 fully saturated rings. The molecule has 6 aromatic rings. The molecule has 8 nitrogen and oxygen atoms in total. The Hall–Kier alpha value is -5.15. The Balaban J connectivity index is 1.24. The number of imidazole rings is 1. The molecule has 0 amide bonds. The zero-order valence-electron chi connectivity index (χ0n) is 21.5. The maximum absolute atomic E-state index is 12.7. The minimum atomic E-state index is -3.68. The second kappa shape index (κ2) is 10.5. The summed E-state index contributed by atoms with van der Waals surface area (Å²) in [5.41, 5.74) is 4.56. The highest BCUT2D eigenvalue weighted by Crippen LogP contribution is 2.34. The summed E-state index contributed by atoms with van der Waals surface area (Å²) in [6.45, 7) is 1.91. The number of ether oxygens (including phenoxy) is 1. The molecule has 0 saturated carbocycles. The lowest BCUT2D eigenvalue weighted by Gasteiger charge is -2.12. The number of para-hydroxylation sites is 2. The van der Waals surface area contributed by atoms with Gasteiger partial charge in [-0.3, -0.25) is 9.12 Å². The fraction of sp³-hybridized carbons (Fsp3) is 0.0323. The van der Waals surface area contributed by atoms with Crippen LogP contribution in [0.3, 0.4) is 0 Å². The molecule has 0 unspecified atom stereocenters. The Bertz CT molecular complexity index is 1890. The smallest absolute Gasteiger partial charge is 0.261 e. The summed E-state index contributed by atoms with van der Waals surface area (Å²) in [6.07, 6.45) is 5.34. The summed E-state index contributed by atoms with van der Waals surface area (Å²) in [5.74, 6) is 2.02. The van der Waals surface area contributed by atoms with Gasteiger partial charge in [0.05, 0.1) is 16.8 Å². The van der Waals surface area contributed by atoms with E-state index in [9.17, 15) is 8.42 Å². The van der Waals surface area contributed by atoms with Crippen molar-refractivity contribution < 1.29 is 13.2 Å². The third-order valence-electron chi connectivity index (χ3n) is 6.29. The lowest BCUT2D eigenvalue weighted by atomic mass is 10.1. The zero-order valence-corrected chi connectivity index (χ0v) is 22.3. The Labute approximate surface area is 232 Å². The standard InChI is InChI=1S/C31H25N5O3S/c1-22-11-17-26(18-12-22)40(37,38)35-24-15-13-23(14-16-24)34-30-31-33-21-28(36(31)20-19-32-30)27-9-5-6-10-29(27)39-25-7-3-2-4-8-25/h2-21,35H,1H3,(H,32,34). The Kier molecular flexibility index (Phi) is 6.63. The summed E-state index contributed by atoms with van der Waals surface area (Å²) in [7, 11) is -3.68. The predicted octanol–water partition coefficient (Wildman–Crippen LogP) is 7.04. The number of sulfonamides is 1. The van der Waals surface area contributed by atoms with E-state index in [0.29, 0.717) is 22.9 Å². The molecule has 2 heterocycles. The van der Waals surface area contributed by atoms with Gasteiger partial charge in [-0.25, -0.2) is 18.4 Å². The molecule has 4 aromatic carbocycles. The van der Waals surface area contributed by atoms with E-state index in [4.69, 9.17) is 4.74 Å². The van der Waals surface area contributed by atoms with Crippen molar-refractivity contribution in [2.45, 2.75) is 11.8 Å². The number of aryl methyl sites for hydroxylation is 1. The van der Waals surface area contributed by atoms with Crippen LogP contribution in [0.2, 0.25) is 0 Å². The molecule has 6 rings (SSSR count). The van der Waals surface area contributed by atoms with Gasteiger partial charge in [0.1, 0.15) is 11.5 Å². The monoisotopic (exact) mass is 547 g/mol. The minimum absolute atomic E-state index is 0.210. The van der Waals surface area contributed by atoms with Crippen LogP contribution in [0.15, 0.2) is 127 Å². The largest absolute Gasteiger partial charge is 0.457 e. The van der Waals surface area contributed by atoms with E-state index in [0.717, 1.165) is 28.3 Å². The zero-order chi connectivity index (χ0) is 27.5. The van der Waals surface area contributed by atoms with Crippen molar-refractivity contribution in [3.05, 3.63) is 127 Å². The molecule has 0 aliphatic heterocycles. The van der Waals surface area contributed by atoms with E-state index >= 15 is 0 Å². The van der Waals surface area contributed by atoms with Crippen molar-refractivity contribution in [3.8, 4) is 22.8 Å². The third-order valence-corrected chi connectivity index (χ3v) is 7.69. The van der Waals surface area contributed by atoms with Gasteiger partial charge in [0.2, 0.25) is 0 Å². The number of hydrogen-bond acceptors (Lipinski definition) is 6. The number of hydrogen-bond donors (Lipinski definition) is 2. The molecule has 0 atom stereocenters. The highest BCUT2D eigenvalue weighted by molar-refractivity contribution is 7.92. The molecule has 2 aromatic heterocycles. The van der Waals surface area contributed by atoms with Gasteiger partial charge in [0.15, 0.2) is 11.5 Å². The molecule has 9 heteroatoms. The fourth-order valence-electron chi connectivity index (χ4n) is 4.28. The van der Waals surface area contributed by atoms with E-state index in [-0.39, 0.29) is 4.90 Å². The maximum Gasteiger partial charge on any atom is 0.261 e. The number of benzene rings is 4. The third kappa shape index (κ3) is 5.23. The summed E-state index contributed by atoms with van der Waals surface area (Å²) >= 11 is 0. The van der Waals surface area contributed by atoms with Gasteiger partial charge >= 0.3 is 0 Å². The minimum Gasteiger partial charge on any atom is -0.457 e. The van der Waals surface area contributed by atoms with E-state index in [1.165, 1.54) is 0 Å². The lowest BCUT2D eigenvalue weighted by molar-refractivity contribution is 0.484. The summed E-state index contributed by atoms with van der Waals surface area (Å²) < 4.78 is 36.2. The first-order valence-corrected chi connectivity index (χ1v) is 14.1. The Morgan fingerprint density at radius 2 is 1.48 bits per heavy atom. The maximum atomic E-state index is 12.7. The molecule has 0 saturated heterocycles. The molecule has 2 N–H and O–H groups in total. The molecule has 40 heavy (non-hydrogen) atoms. The summed E-state index contributed by atoms with van der Waals surface area (Å²) in [4.78, 5) is 9.34. The van der Waals surface area contributed by atoms with Gasteiger partial charge in [-0.2, -0.15) is 0 Å². The van der Waals surface area contributed by atoms with Crippen LogP contribution in [0.25, 0.3) is 16.9 Å². The molecule has 0 bridgehead atoms. The van der Waals surface area contributed by atoms with E-state index in [1.807, 2.05) is 72.1 Å².